The van der Waals surface area contributed by atoms with Gasteiger partial charge in [-0.1, -0.05) is 54.6 Å². The minimum absolute atomic E-state index is 0.106. The molecule has 0 saturated carbocycles. The third-order valence-electron chi connectivity index (χ3n) is 3.87. The van der Waals surface area contributed by atoms with E-state index in [2.05, 4.69) is 54.6 Å². The van der Waals surface area contributed by atoms with Crippen molar-refractivity contribution in [1.29, 1.82) is 0 Å². The molecular formula is C20H23BO2. The van der Waals surface area contributed by atoms with E-state index in [9.17, 15) is 0 Å². The molecule has 0 radical (unpaired) electrons. The molecule has 0 unspecified atom stereocenters. The molecule has 3 aromatic carbocycles. The van der Waals surface area contributed by atoms with Crippen molar-refractivity contribution in [3.63, 3.8) is 0 Å². The summed E-state index contributed by atoms with van der Waals surface area (Å²) >= 11 is 0. The second-order valence-corrected chi connectivity index (χ2v) is 6.43. The largest absolute Gasteiger partial charge is 0.494 e. The monoisotopic (exact) mass is 306 g/mol. The summed E-state index contributed by atoms with van der Waals surface area (Å²) in [6.07, 6.45) is 0.212. The van der Waals surface area contributed by atoms with Crippen LogP contribution >= 0.6 is 0 Å². The fourth-order valence-electron chi connectivity index (χ4n) is 2.94. The van der Waals surface area contributed by atoms with Gasteiger partial charge in [-0.05, 0) is 54.7 Å². The van der Waals surface area contributed by atoms with Crippen LogP contribution in [0.5, 0.6) is 0 Å². The maximum atomic E-state index is 6.05. The van der Waals surface area contributed by atoms with E-state index in [4.69, 9.17) is 9.31 Å². The Kier molecular flexibility index (Phi) is 4.70. The van der Waals surface area contributed by atoms with E-state index in [0.29, 0.717) is 0 Å². The minimum atomic E-state index is -0.347. The topological polar surface area (TPSA) is 18.5 Å². The van der Waals surface area contributed by atoms with Crippen molar-refractivity contribution in [3.05, 3.63) is 54.6 Å². The Morgan fingerprint density at radius 1 is 0.652 bits per heavy atom. The van der Waals surface area contributed by atoms with Gasteiger partial charge in [0, 0.05) is 12.2 Å². The van der Waals surface area contributed by atoms with Crippen molar-refractivity contribution in [2.75, 3.05) is 0 Å². The molecule has 0 N–H and O–H groups in total. The maximum absolute atomic E-state index is 6.05. The van der Waals surface area contributed by atoms with E-state index in [1.54, 1.807) is 0 Å². The van der Waals surface area contributed by atoms with Crippen molar-refractivity contribution in [3.8, 4) is 0 Å². The van der Waals surface area contributed by atoms with Crippen molar-refractivity contribution in [2.45, 2.75) is 39.9 Å². The Morgan fingerprint density at radius 2 is 1.30 bits per heavy atom. The van der Waals surface area contributed by atoms with Crippen LogP contribution in [0.25, 0.3) is 21.5 Å². The minimum Gasteiger partial charge on any atom is -0.405 e. The zero-order valence-electron chi connectivity index (χ0n) is 14.2. The Bertz CT molecular complexity index is 801. The second kappa shape index (κ2) is 6.73. The maximum Gasteiger partial charge on any atom is 0.494 e. The first kappa shape index (κ1) is 16.0. The highest BCUT2D eigenvalue weighted by Crippen LogP contribution is 2.24. The molecule has 0 spiro atoms. The van der Waals surface area contributed by atoms with Gasteiger partial charge in [0.05, 0.1) is 0 Å². The van der Waals surface area contributed by atoms with Crippen LogP contribution in [0.2, 0.25) is 0 Å². The predicted octanol–water partition coefficient (Wildman–Crippen LogP) is 4.54. The number of hydrogen-bond acceptors (Lipinski definition) is 2. The molecule has 0 aliphatic carbocycles. The molecule has 0 aliphatic rings. The lowest BCUT2D eigenvalue weighted by atomic mass is 9.75. The first-order valence-electron chi connectivity index (χ1n) is 8.27. The van der Waals surface area contributed by atoms with Gasteiger partial charge >= 0.3 is 7.12 Å². The zero-order chi connectivity index (χ0) is 16.4. The fraction of sp³-hybridized carbons (Fsp3) is 0.300. The predicted molar refractivity (Wildman–Crippen MR) is 99.3 cm³/mol. The van der Waals surface area contributed by atoms with Crippen molar-refractivity contribution in [1.82, 2.24) is 0 Å². The molecule has 3 heteroatoms. The first-order chi connectivity index (χ1) is 11.1. The van der Waals surface area contributed by atoms with E-state index in [1.807, 2.05) is 27.7 Å². The fourth-order valence-corrected chi connectivity index (χ4v) is 2.94. The van der Waals surface area contributed by atoms with E-state index in [-0.39, 0.29) is 19.3 Å². The second-order valence-electron chi connectivity index (χ2n) is 6.43. The van der Waals surface area contributed by atoms with Gasteiger partial charge < -0.3 is 9.31 Å². The SMILES string of the molecule is CC(C)OB(OC(C)C)c1cccc2c1ccc1ccccc12. The van der Waals surface area contributed by atoms with E-state index >= 15 is 0 Å². The van der Waals surface area contributed by atoms with Crippen LogP contribution < -0.4 is 5.46 Å². The van der Waals surface area contributed by atoms with Gasteiger partial charge in [-0.15, -0.1) is 0 Å². The van der Waals surface area contributed by atoms with E-state index in [1.165, 1.54) is 21.5 Å². The van der Waals surface area contributed by atoms with Crippen LogP contribution in [-0.2, 0) is 9.31 Å². The number of benzene rings is 3. The molecule has 23 heavy (non-hydrogen) atoms. The average molecular weight is 306 g/mol. The lowest BCUT2D eigenvalue weighted by Crippen LogP contribution is -2.41. The van der Waals surface area contributed by atoms with Crippen LogP contribution in [-0.4, -0.2) is 19.3 Å². The molecule has 118 valence electrons. The standard InChI is InChI=1S/C20H23BO2/c1-14(2)22-21(23-15(3)4)20-11-7-10-18-17-9-6-5-8-16(17)12-13-19(18)20/h5-15H,1-4H3. The highest BCUT2D eigenvalue weighted by molar-refractivity contribution is 6.64. The van der Waals surface area contributed by atoms with Gasteiger partial charge in [-0.25, -0.2) is 0 Å². The van der Waals surface area contributed by atoms with Gasteiger partial charge in [-0.3, -0.25) is 0 Å². The Hall–Kier alpha value is -1.84. The molecule has 0 aromatic heterocycles. The molecule has 0 aliphatic heterocycles. The Labute approximate surface area is 138 Å². The van der Waals surface area contributed by atoms with Crippen molar-refractivity contribution >= 4 is 34.1 Å². The molecular weight excluding hydrogens is 283 g/mol. The van der Waals surface area contributed by atoms with Gasteiger partial charge in [0.25, 0.3) is 0 Å². The smallest absolute Gasteiger partial charge is 0.405 e. The van der Waals surface area contributed by atoms with Crippen LogP contribution in [0.15, 0.2) is 54.6 Å². The third kappa shape index (κ3) is 3.41. The molecule has 0 amide bonds. The Morgan fingerprint density at radius 3 is 2.00 bits per heavy atom. The molecule has 0 heterocycles. The molecule has 0 saturated heterocycles. The first-order valence-corrected chi connectivity index (χ1v) is 8.27. The van der Waals surface area contributed by atoms with Crippen LogP contribution in [0.4, 0.5) is 0 Å². The summed E-state index contributed by atoms with van der Waals surface area (Å²) in [5.41, 5.74) is 1.09. The van der Waals surface area contributed by atoms with Gasteiger partial charge in [0.15, 0.2) is 0 Å². The van der Waals surface area contributed by atoms with E-state index < -0.39 is 0 Å². The lowest BCUT2D eigenvalue weighted by Gasteiger charge is -2.21. The number of hydrogen-bond donors (Lipinski definition) is 0. The quantitative estimate of drug-likeness (QED) is 0.509. The summed E-state index contributed by atoms with van der Waals surface area (Å²) in [5.74, 6) is 0. The van der Waals surface area contributed by atoms with Crippen LogP contribution in [0.1, 0.15) is 27.7 Å². The summed E-state index contributed by atoms with van der Waals surface area (Å²) in [4.78, 5) is 0. The lowest BCUT2D eigenvalue weighted by molar-refractivity contribution is 0.139. The van der Waals surface area contributed by atoms with Crippen molar-refractivity contribution in [2.24, 2.45) is 0 Å². The highest BCUT2D eigenvalue weighted by atomic mass is 16.6. The molecule has 0 atom stereocenters. The average Bonchev–Trinajstić information content (AvgIpc) is 2.52. The van der Waals surface area contributed by atoms with Crippen LogP contribution in [0, 0.1) is 0 Å². The normalized spacial score (nSPS) is 11.7. The summed E-state index contributed by atoms with van der Waals surface area (Å²) < 4.78 is 12.1. The summed E-state index contributed by atoms with van der Waals surface area (Å²) in [6.45, 7) is 8.16. The number of fused-ring (bicyclic) bond motifs is 3. The van der Waals surface area contributed by atoms with Gasteiger partial charge in [0.2, 0.25) is 0 Å². The van der Waals surface area contributed by atoms with Gasteiger partial charge in [-0.2, -0.15) is 0 Å². The summed E-state index contributed by atoms with van der Waals surface area (Å²) in [5, 5.41) is 4.95. The van der Waals surface area contributed by atoms with E-state index in [0.717, 1.165) is 5.46 Å². The molecule has 0 fully saturated rings. The Balaban J connectivity index is 2.17. The molecule has 3 aromatic rings. The third-order valence-corrected chi connectivity index (χ3v) is 3.87. The van der Waals surface area contributed by atoms with Gasteiger partial charge in [0.1, 0.15) is 0 Å². The molecule has 3 rings (SSSR count). The zero-order valence-corrected chi connectivity index (χ0v) is 14.2. The number of rotatable bonds is 5. The highest BCUT2D eigenvalue weighted by Gasteiger charge is 2.26. The molecule has 0 bridgehead atoms. The molecule has 2 nitrogen and oxygen atoms in total. The summed E-state index contributed by atoms with van der Waals surface area (Å²) in [7, 11) is -0.347. The van der Waals surface area contributed by atoms with Crippen molar-refractivity contribution < 1.29 is 9.31 Å². The summed E-state index contributed by atoms with van der Waals surface area (Å²) in [6, 6.07) is 19.2. The van der Waals surface area contributed by atoms with Crippen LogP contribution in [0.3, 0.4) is 0 Å².